The average Bonchev–Trinajstić information content (AvgIpc) is 3.01. The van der Waals surface area contributed by atoms with Crippen LogP contribution < -0.4 is 10.1 Å². The van der Waals surface area contributed by atoms with Crippen LogP contribution in [0.5, 0.6) is 11.8 Å². The van der Waals surface area contributed by atoms with E-state index in [-0.39, 0.29) is 11.9 Å². The normalized spacial score (nSPS) is 25.5. The molecule has 2 aromatic rings. The molecule has 3 aliphatic rings. The molecule has 1 amide bonds. The van der Waals surface area contributed by atoms with Gasteiger partial charge in [-0.2, -0.15) is 0 Å². The number of hydrogen-bond donors (Lipinski definition) is 2. The first kappa shape index (κ1) is 15.2. The van der Waals surface area contributed by atoms with Crippen molar-refractivity contribution < 1.29 is 9.53 Å². The molecule has 1 atom stereocenters. The Morgan fingerprint density at radius 1 is 1.29 bits per heavy atom. The van der Waals surface area contributed by atoms with Crippen LogP contribution in [0.1, 0.15) is 28.9 Å². The molecule has 24 heavy (non-hydrogen) atoms. The van der Waals surface area contributed by atoms with Crippen molar-refractivity contribution in [3.8, 4) is 11.8 Å². The summed E-state index contributed by atoms with van der Waals surface area (Å²) in [4.78, 5) is 22.0. The minimum atomic E-state index is -0.00542. The van der Waals surface area contributed by atoms with Gasteiger partial charge in [-0.05, 0) is 63.0 Å². The van der Waals surface area contributed by atoms with E-state index >= 15 is 0 Å². The van der Waals surface area contributed by atoms with Crippen LogP contribution in [0.3, 0.4) is 0 Å². The monoisotopic (exact) mass is 326 g/mol. The first-order valence-electron chi connectivity index (χ1n) is 8.50. The standard InChI is InChI=1S/C18H22N4O2/c1-12-10-19-18(20-12)24-15-4-2-14(3-5-15)17(23)21-16-11-22-8-6-13(16)7-9-22/h2-5,10,13,16H,6-9,11H2,1H3,(H,19,20)(H,21,23)/t16-/m0/s1. The van der Waals surface area contributed by atoms with Crippen molar-refractivity contribution in [1.29, 1.82) is 0 Å². The Labute approximate surface area is 141 Å². The van der Waals surface area contributed by atoms with E-state index < -0.39 is 0 Å². The molecule has 6 nitrogen and oxygen atoms in total. The number of aromatic nitrogens is 2. The van der Waals surface area contributed by atoms with Gasteiger partial charge in [-0.25, -0.2) is 4.98 Å². The number of fused-ring (bicyclic) bond motifs is 3. The van der Waals surface area contributed by atoms with Gasteiger partial charge in [0.05, 0.1) is 6.20 Å². The maximum atomic E-state index is 12.5. The zero-order chi connectivity index (χ0) is 16.5. The summed E-state index contributed by atoms with van der Waals surface area (Å²) in [7, 11) is 0. The second-order valence-corrected chi connectivity index (χ2v) is 6.72. The summed E-state index contributed by atoms with van der Waals surface area (Å²) >= 11 is 0. The number of ether oxygens (including phenoxy) is 1. The van der Waals surface area contributed by atoms with Gasteiger partial charge in [0.2, 0.25) is 0 Å². The summed E-state index contributed by atoms with van der Waals surface area (Å²) in [5.41, 5.74) is 1.60. The lowest BCUT2D eigenvalue weighted by atomic mass is 9.84. The fraction of sp³-hybridized carbons (Fsp3) is 0.444. The van der Waals surface area contributed by atoms with E-state index in [4.69, 9.17) is 4.74 Å². The summed E-state index contributed by atoms with van der Waals surface area (Å²) in [5, 5.41) is 3.20. The number of rotatable bonds is 4. The molecule has 3 aliphatic heterocycles. The summed E-state index contributed by atoms with van der Waals surface area (Å²) < 4.78 is 5.62. The Kier molecular flexibility index (Phi) is 3.98. The first-order chi connectivity index (χ1) is 11.7. The summed E-state index contributed by atoms with van der Waals surface area (Å²) in [5.74, 6) is 1.28. The number of carbonyl (C=O) groups is 1. The molecule has 3 fully saturated rings. The van der Waals surface area contributed by atoms with Crippen LogP contribution in [0, 0.1) is 12.8 Å². The van der Waals surface area contributed by atoms with Crippen LogP contribution in [0.4, 0.5) is 0 Å². The third-order valence-electron chi connectivity index (χ3n) is 4.98. The average molecular weight is 326 g/mol. The van der Waals surface area contributed by atoms with Gasteiger partial charge < -0.3 is 19.9 Å². The number of carbonyl (C=O) groups excluding carboxylic acids is 1. The number of benzene rings is 1. The number of aryl methyl sites for hydroxylation is 1. The molecule has 6 heteroatoms. The van der Waals surface area contributed by atoms with E-state index in [1.54, 1.807) is 30.5 Å². The lowest BCUT2D eigenvalue weighted by molar-refractivity contribution is 0.0620. The Morgan fingerprint density at radius 3 is 2.62 bits per heavy atom. The molecule has 4 heterocycles. The van der Waals surface area contributed by atoms with Crippen LogP contribution in [0.15, 0.2) is 30.5 Å². The summed E-state index contributed by atoms with van der Waals surface area (Å²) in [6.45, 7) is 5.25. The van der Waals surface area contributed by atoms with Crippen molar-refractivity contribution in [1.82, 2.24) is 20.2 Å². The van der Waals surface area contributed by atoms with Crippen molar-refractivity contribution in [2.75, 3.05) is 19.6 Å². The van der Waals surface area contributed by atoms with E-state index in [1.165, 1.54) is 25.9 Å². The Hall–Kier alpha value is -2.34. The zero-order valence-corrected chi connectivity index (χ0v) is 13.8. The lowest BCUT2D eigenvalue weighted by Gasteiger charge is -2.44. The van der Waals surface area contributed by atoms with E-state index in [1.807, 2.05) is 6.92 Å². The molecule has 1 aromatic heterocycles. The zero-order valence-electron chi connectivity index (χ0n) is 13.8. The number of piperidine rings is 3. The lowest BCUT2D eigenvalue weighted by Crippen LogP contribution is -2.57. The van der Waals surface area contributed by atoms with Crippen molar-refractivity contribution in [3.05, 3.63) is 41.7 Å². The van der Waals surface area contributed by atoms with Crippen LogP contribution in [-0.4, -0.2) is 46.5 Å². The molecule has 0 saturated carbocycles. The van der Waals surface area contributed by atoms with Gasteiger partial charge in [0.1, 0.15) is 5.75 Å². The molecule has 1 aromatic carbocycles. The van der Waals surface area contributed by atoms with Gasteiger partial charge in [0.15, 0.2) is 0 Å². The minimum absolute atomic E-state index is 0.00542. The van der Waals surface area contributed by atoms with Gasteiger partial charge >= 0.3 is 0 Å². The number of amides is 1. The number of H-pyrrole nitrogens is 1. The van der Waals surface area contributed by atoms with E-state index in [0.29, 0.717) is 23.2 Å². The van der Waals surface area contributed by atoms with Crippen LogP contribution >= 0.6 is 0 Å². The summed E-state index contributed by atoms with van der Waals surface area (Å²) in [6.07, 6.45) is 4.10. The third kappa shape index (κ3) is 3.14. The molecule has 0 unspecified atom stereocenters. The number of aromatic amines is 1. The third-order valence-corrected chi connectivity index (χ3v) is 4.98. The van der Waals surface area contributed by atoms with Crippen LogP contribution in [0.2, 0.25) is 0 Å². The molecule has 0 spiro atoms. The van der Waals surface area contributed by atoms with Crippen molar-refractivity contribution >= 4 is 5.91 Å². The Bertz CT molecular complexity index is 717. The van der Waals surface area contributed by atoms with Crippen molar-refractivity contribution in [2.45, 2.75) is 25.8 Å². The van der Waals surface area contributed by atoms with Crippen molar-refractivity contribution in [3.63, 3.8) is 0 Å². The summed E-state index contributed by atoms with van der Waals surface area (Å²) in [6, 6.07) is 7.91. The van der Waals surface area contributed by atoms with E-state index in [0.717, 1.165) is 12.2 Å². The quantitative estimate of drug-likeness (QED) is 0.905. The Morgan fingerprint density at radius 2 is 2.04 bits per heavy atom. The number of hydrogen-bond acceptors (Lipinski definition) is 4. The number of nitrogens with one attached hydrogen (secondary N) is 2. The second-order valence-electron chi connectivity index (χ2n) is 6.72. The predicted octanol–water partition coefficient (Wildman–Crippen LogP) is 2.33. The van der Waals surface area contributed by atoms with E-state index in [9.17, 15) is 4.79 Å². The van der Waals surface area contributed by atoms with Crippen LogP contribution in [0.25, 0.3) is 0 Å². The maximum absolute atomic E-state index is 12.5. The molecule has 2 N–H and O–H groups in total. The molecule has 2 bridgehead atoms. The van der Waals surface area contributed by atoms with Gasteiger partial charge in [-0.15, -0.1) is 0 Å². The van der Waals surface area contributed by atoms with E-state index in [2.05, 4.69) is 20.2 Å². The molecule has 0 aliphatic carbocycles. The molecular weight excluding hydrogens is 304 g/mol. The number of nitrogens with zero attached hydrogens (tertiary/aromatic N) is 2. The molecule has 126 valence electrons. The highest BCUT2D eigenvalue weighted by atomic mass is 16.5. The molecule has 5 rings (SSSR count). The van der Waals surface area contributed by atoms with Gasteiger partial charge in [0, 0.05) is 23.8 Å². The fourth-order valence-electron chi connectivity index (χ4n) is 3.61. The largest absolute Gasteiger partial charge is 0.426 e. The highest BCUT2D eigenvalue weighted by Gasteiger charge is 2.34. The SMILES string of the molecule is Cc1cnc(Oc2ccc(C(=O)N[C@H]3CN4CCC3CC4)cc2)[nH]1. The van der Waals surface area contributed by atoms with Crippen LogP contribution in [-0.2, 0) is 0 Å². The topological polar surface area (TPSA) is 70.2 Å². The number of imidazole rings is 1. The maximum Gasteiger partial charge on any atom is 0.299 e. The predicted molar refractivity (Wildman–Crippen MR) is 90.3 cm³/mol. The highest BCUT2D eigenvalue weighted by molar-refractivity contribution is 5.94. The van der Waals surface area contributed by atoms with Gasteiger partial charge in [0.25, 0.3) is 11.9 Å². The smallest absolute Gasteiger partial charge is 0.299 e. The minimum Gasteiger partial charge on any atom is -0.426 e. The first-order valence-corrected chi connectivity index (χ1v) is 8.50. The highest BCUT2D eigenvalue weighted by Crippen LogP contribution is 2.27. The van der Waals surface area contributed by atoms with Gasteiger partial charge in [-0.3, -0.25) is 4.79 Å². The van der Waals surface area contributed by atoms with Crippen molar-refractivity contribution in [2.24, 2.45) is 5.92 Å². The molecule has 3 saturated heterocycles. The Balaban J connectivity index is 1.38. The molecular formula is C18H22N4O2. The molecule has 0 radical (unpaired) electrons. The fourth-order valence-corrected chi connectivity index (χ4v) is 3.61. The van der Waals surface area contributed by atoms with Gasteiger partial charge in [-0.1, -0.05) is 0 Å². The second kappa shape index (κ2) is 6.28.